The lowest BCUT2D eigenvalue weighted by Crippen LogP contribution is -2.25. The molecule has 0 aromatic heterocycles. The Morgan fingerprint density at radius 2 is 1.95 bits per heavy atom. The van der Waals surface area contributed by atoms with Crippen molar-refractivity contribution in [1.82, 2.24) is 4.90 Å². The van der Waals surface area contributed by atoms with Gasteiger partial charge in [-0.05, 0) is 58.7 Å². The molecule has 0 bridgehead atoms. The number of aliphatic carboxylic acids is 1. The molecule has 0 spiro atoms. The lowest BCUT2D eigenvalue weighted by Gasteiger charge is -2.18. The Bertz CT molecular complexity index is 301. The molecule has 1 unspecified atom stereocenters. The molecule has 0 saturated heterocycles. The number of rotatable bonds is 11. The Kier molecular flexibility index (Phi) is 10.3. The first-order valence-electron chi connectivity index (χ1n) is 7.78. The van der Waals surface area contributed by atoms with Crippen LogP contribution in [0, 0.1) is 11.8 Å². The van der Waals surface area contributed by atoms with Gasteiger partial charge >= 0.3 is 5.97 Å². The van der Waals surface area contributed by atoms with Crippen molar-refractivity contribution in [3.8, 4) is 0 Å². The summed E-state index contributed by atoms with van der Waals surface area (Å²) in [7, 11) is 2.05. The van der Waals surface area contributed by atoms with E-state index in [-0.39, 0.29) is 5.92 Å². The van der Waals surface area contributed by atoms with Crippen molar-refractivity contribution in [2.45, 2.75) is 53.4 Å². The Hall–Kier alpha value is -0.900. The molecule has 4 heteroatoms. The largest absolute Gasteiger partial charge is 0.481 e. The van der Waals surface area contributed by atoms with Crippen LogP contribution in [-0.2, 0) is 4.79 Å². The fourth-order valence-corrected chi connectivity index (χ4v) is 2.26. The third-order valence-corrected chi connectivity index (χ3v) is 3.48. The van der Waals surface area contributed by atoms with Crippen LogP contribution in [-0.4, -0.2) is 48.4 Å². The Morgan fingerprint density at radius 1 is 1.30 bits per heavy atom. The van der Waals surface area contributed by atoms with E-state index >= 15 is 0 Å². The standard InChI is InChI=1S/C16H32N2O2/c1-6-15(16(19)20)8-11-18(5)10-7-9-17-14(4)12-13(2)3/h13,15H,6-12H2,1-5H3,(H,19,20). The molecule has 0 aliphatic carbocycles. The van der Waals surface area contributed by atoms with Crippen LogP contribution in [0.25, 0.3) is 0 Å². The van der Waals surface area contributed by atoms with Gasteiger partial charge in [-0.25, -0.2) is 0 Å². The summed E-state index contributed by atoms with van der Waals surface area (Å²) in [4.78, 5) is 17.7. The number of hydrogen-bond acceptors (Lipinski definition) is 3. The lowest BCUT2D eigenvalue weighted by atomic mass is 10.0. The van der Waals surface area contributed by atoms with Gasteiger partial charge < -0.3 is 10.0 Å². The van der Waals surface area contributed by atoms with Gasteiger partial charge in [0.2, 0.25) is 0 Å². The summed E-state index contributed by atoms with van der Waals surface area (Å²) in [5.41, 5.74) is 1.24. The van der Waals surface area contributed by atoms with Crippen LogP contribution in [0.1, 0.15) is 53.4 Å². The first kappa shape index (κ1) is 19.1. The predicted molar refractivity (Wildman–Crippen MR) is 85.6 cm³/mol. The van der Waals surface area contributed by atoms with E-state index in [4.69, 9.17) is 5.11 Å². The molecule has 0 amide bonds. The van der Waals surface area contributed by atoms with Gasteiger partial charge in [-0.1, -0.05) is 20.8 Å². The predicted octanol–water partition coefficient (Wildman–Crippen LogP) is 3.32. The van der Waals surface area contributed by atoms with Gasteiger partial charge in [-0.3, -0.25) is 9.79 Å². The van der Waals surface area contributed by atoms with Crippen LogP contribution in [0.2, 0.25) is 0 Å². The van der Waals surface area contributed by atoms with E-state index in [0.29, 0.717) is 12.3 Å². The van der Waals surface area contributed by atoms with Crippen molar-refractivity contribution >= 4 is 11.7 Å². The first-order valence-corrected chi connectivity index (χ1v) is 7.78. The molecule has 0 fully saturated rings. The van der Waals surface area contributed by atoms with Crippen molar-refractivity contribution in [2.24, 2.45) is 16.8 Å². The van der Waals surface area contributed by atoms with Gasteiger partial charge in [0.15, 0.2) is 0 Å². The maximum Gasteiger partial charge on any atom is 0.306 e. The highest BCUT2D eigenvalue weighted by Crippen LogP contribution is 2.09. The molecule has 0 saturated carbocycles. The Balaban J connectivity index is 3.78. The molecule has 0 aromatic rings. The molecule has 1 atom stereocenters. The van der Waals surface area contributed by atoms with E-state index in [0.717, 1.165) is 38.9 Å². The fourth-order valence-electron chi connectivity index (χ4n) is 2.26. The van der Waals surface area contributed by atoms with E-state index in [9.17, 15) is 4.79 Å². The minimum absolute atomic E-state index is 0.205. The molecule has 0 rings (SSSR count). The maximum atomic E-state index is 10.9. The van der Waals surface area contributed by atoms with Crippen LogP contribution < -0.4 is 0 Å². The van der Waals surface area contributed by atoms with Crippen molar-refractivity contribution in [3.63, 3.8) is 0 Å². The summed E-state index contributed by atoms with van der Waals surface area (Å²) in [6, 6.07) is 0. The molecule has 0 aliphatic rings. The fraction of sp³-hybridized carbons (Fsp3) is 0.875. The Morgan fingerprint density at radius 3 is 2.45 bits per heavy atom. The van der Waals surface area contributed by atoms with Crippen LogP contribution in [0.4, 0.5) is 0 Å². The van der Waals surface area contributed by atoms with E-state index < -0.39 is 5.97 Å². The molecule has 0 aliphatic heterocycles. The zero-order valence-electron chi connectivity index (χ0n) is 13.9. The van der Waals surface area contributed by atoms with Crippen molar-refractivity contribution in [1.29, 1.82) is 0 Å². The highest BCUT2D eigenvalue weighted by Gasteiger charge is 2.15. The summed E-state index contributed by atoms with van der Waals surface area (Å²) in [5.74, 6) is -0.206. The van der Waals surface area contributed by atoms with Crippen molar-refractivity contribution in [2.75, 3.05) is 26.7 Å². The normalized spacial score (nSPS) is 14.1. The summed E-state index contributed by atoms with van der Waals surface area (Å²) >= 11 is 0. The van der Waals surface area contributed by atoms with Gasteiger partial charge in [-0.2, -0.15) is 0 Å². The molecular weight excluding hydrogens is 252 g/mol. The lowest BCUT2D eigenvalue weighted by molar-refractivity contribution is -0.142. The van der Waals surface area contributed by atoms with Crippen molar-refractivity contribution in [3.05, 3.63) is 0 Å². The summed E-state index contributed by atoms with van der Waals surface area (Å²) < 4.78 is 0. The molecule has 0 heterocycles. The molecule has 0 aromatic carbocycles. The van der Waals surface area contributed by atoms with Crippen LogP contribution >= 0.6 is 0 Å². The summed E-state index contributed by atoms with van der Waals surface area (Å²) in [5, 5.41) is 9.00. The number of aliphatic imine (C=N–C) groups is 1. The van der Waals surface area contributed by atoms with E-state index in [1.54, 1.807) is 0 Å². The van der Waals surface area contributed by atoms with Crippen molar-refractivity contribution < 1.29 is 9.90 Å². The number of carboxylic acid groups (broad SMARTS) is 1. The first-order chi connectivity index (χ1) is 9.36. The topological polar surface area (TPSA) is 52.9 Å². The highest BCUT2D eigenvalue weighted by atomic mass is 16.4. The third kappa shape index (κ3) is 9.96. The zero-order chi connectivity index (χ0) is 15.5. The molecule has 118 valence electrons. The summed E-state index contributed by atoms with van der Waals surface area (Å²) in [6.07, 6.45) is 3.56. The number of nitrogens with zero attached hydrogens (tertiary/aromatic N) is 2. The molecule has 4 nitrogen and oxygen atoms in total. The summed E-state index contributed by atoms with van der Waals surface area (Å²) in [6.45, 7) is 11.2. The van der Waals surface area contributed by atoms with Gasteiger partial charge in [-0.15, -0.1) is 0 Å². The molecular formula is C16H32N2O2. The smallest absolute Gasteiger partial charge is 0.306 e. The number of hydrogen-bond donors (Lipinski definition) is 1. The third-order valence-electron chi connectivity index (χ3n) is 3.48. The molecule has 0 radical (unpaired) electrons. The molecule has 20 heavy (non-hydrogen) atoms. The minimum atomic E-state index is -0.671. The van der Waals surface area contributed by atoms with Gasteiger partial charge in [0.25, 0.3) is 0 Å². The Labute approximate surface area is 124 Å². The second-order valence-electron chi connectivity index (χ2n) is 6.10. The van der Waals surface area contributed by atoms with Crippen LogP contribution in [0.5, 0.6) is 0 Å². The average molecular weight is 284 g/mol. The second kappa shape index (κ2) is 10.8. The highest BCUT2D eigenvalue weighted by molar-refractivity contribution is 5.82. The van der Waals surface area contributed by atoms with E-state index in [2.05, 4.69) is 37.7 Å². The molecule has 1 N–H and O–H groups in total. The van der Waals surface area contributed by atoms with Crippen LogP contribution in [0.15, 0.2) is 4.99 Å². The monoisotopic (exact) mass is 284 g/mol. The number of carbonyl (C=O) groups is 1. The SMILES string of the molecule is CCC(CCN(C)CCCN=C(C)CC(C)C)C(=O)O. The quantitative estimate of drug-likeness (QED) is 0.468. The van der Waals surface area contributed by atoms with E-state index in [1.807, 2.05) is 6.92 Å². The van der Waals surface area contributed by atoms with Crippen LogP contribution in [0.3, 0.4) is 0 Å². The maximum absolute atomic E-state index is 10.9. The van der Waals surface area contributed by atoms with Gasteiger partial charge in [0.1, 0.15) is 0 Å². The number of carboxylic acids is 1. The second-order valence-corrected chi connectivity index (χ2v) is 6.10. The average Bonchev–Trinajstić information content (AvgIpc) is 2.34. The van der Waals surface area contributed by atoms with Gasteiger partial charge in [0, 0.05) is 12.3 Å². The van der Waals surface area contributed by atoms with Gasteiger partial charge in [0.05, 0.1) is 5.92 Å². The minimum Gasteiger partial charge on any atom is -0.481 e. The zero-order valence-corrected chi connectivity index (χ0v) is 13.9. The van der Waals surface area contributed by atoms with E-state index in [1.165, 1.54) is 5.71 Å².